The molecule has 5 nitrogen and oxygen atoms in total. The van der Waals surface area contributed by atoms with Crippen LogP contribution in [-0.4, -0.2) is 34.9 Å². The molecule has 3 rings (SSSR count). The molecule has 1 heterocycles. The summed E-state index contributed by atoms with van der Waals surface area (Å²) in [6.07, 6.45) is 3.93. The van der Waals surface area contributed by atoms with Crippen LogP contribution in [-0.2, 0) is 16.0 Å². The number of carbonyl (C=O) groups is 2. The van der Waals surface area contributed by atoms with Crippen molar-refractivity contribution in [3.63, 3.8) is 0 Å². The fraction of sp³-hybridized carbons (Fsp3) is 0.500. The van der Waals surface area contributed by atoms with Crippen LogP contribution >= 0.6 is 0 Å². The van der Waals surface area contributed by atoms with E-state index in [0.29, 0.717) is 12.8 Å². The molecule has 2 amide bonds. The van der Waals surface area contributed by atoms with Crippen molar-refractivity contribution >= 4 is 11.8 Å². The molecule has 2 N–H and O–H groups in total. The van der Waals surface area contributed by atoms with Gasteiger partial charge < -0.3 is 5.11 Å². The van der Waals surface area contributed by atoms with Crippen molar-refractivity contribution in [2.45, 2.75) is 44.2 Å². The van der Waals surface area contributed by atoms with E-state index in [1.807, 2.05) is 12.1 Å². The summed E-state index contributed by atoms with van der Waals surface area (Å²) in [6, 6.07) is 5.25. The molecule has 1 aliphatic carbocycles. The lowest BCUT2D eigenvalue weighted by Gasteiger charge is -2.34. The lowest BCUT2D eigenvalue weighted by Crippen LogP contribution is -2.52. The van der Waals surface area contributed by atoms with Crippen molar-refractivity contribution in [2.75, 3.05) is 7.05 Å². The number of hydrogen-bond acceptors (Lipinski definition) is 4. The zero-order valence-electron chi connectivity index (χ0n) is 12.1. The predicted octanol–water partition coefficient (Wildman–Crippen LogP) is 1.51. The summed E-state index contributed by atoms with van der Waals surface area (Å²) in [4.78, 5) is 24.9. The number of amides is 2. The lowest BCUT2D eigenvalue weighted by molar-refractivity contribution is -0.148. The second kappa shape index (κ2) is 5.48. The molecule has 1 aliphatic heterocycles. The largest absolute Gasteiger partial charge is 0.508 e. The van der Waals surface area contributed by atoms with Crippen LogP contribution in [0.2, 0.25) is 0 Å². The predicted molar refractivity (Wildman–Crippen MR) is 77.7 cm³/mol. The second-order valence-corrected chi connectivity index (χ2v) is 5.88. The second-order valence-electron chi connectivity index (χ2n) is 5.88. The summed E-state index contributed by atoms with van der Waals surface area (Å²) < 4.78 is 0. The minimum absolute atomic E-state index is 0.105. The summed E-state index contributed by atoms with van der Waals surface area (Å²) in [5, 5.41) is 13.0. The molecular weight excluding hydrogens is 268 g/mol. The molecule has 0 spiro atoms. The first-order valence-electron chi connectivity index (χ1n) is 7.44. The van der Waals surface area contributed by atoms with Crippen molar-refractivity contribution in [2.24, 2.45) is 0 Å². The molecule has 1 aromatic rings. The fourth-order valence-electron chi connectivity index (χ4n) is 3.29. The third kappa shape index (κ3) is 2.65. The highest BCUT2D eigenvalue weighted by Crippen LogP contribution is 2.32. The van der Waals surface area contributed by atoms with Gasteiger partial charge in [-0.2, -0.15) is 0 Å². The van der Waals surface area contributed by atoms with Crippen LogP contribution in [0.4, 0.5) is 0 Å². The Kier molecular flexibility index (Phi) is 3.68. The molecule has 1 saturated heterocycles. The smallest absolute Gasteiger partial charge is 0.246 e. The minimum atomic E-state index is -0.294. The van der Waals surface area contributed by atoms with E-state index >= 15 is 0 Å². The summed E-state index contributed by atoms with van der Waals surface area (Å²) in [5.41, 5.74) is 2.30. The number of likely N-dealkylation sites (tertiary alicyclic amines) is 1. The van der Waals surface area contributed by atoms with Crippen LogP contribution < -0.4 is 5.32 Å². The number of nitrogens with one attached hydrogen (secondary N) is 1. The van der Waals surface area contributed by atoms with Gasteiger partial charge in [0.2, 0.25) is 11.8 Å². The van der Waals surface area contributed by atoms with Crippen LogP contribution in [0, 0.1) is 0 Å². The molecule has 0 radical (unpaired) electrons. The van der Waals surface area contributed by atoms with Gasteiger partial charge in [0.1, 0.15) is 5.75 Å². The van der Waals surface area contributed by atoms with Crippen molar-refractivity contribution in [1.82, 2.24) is 10.2 Å². The average molecular weight is 288 g/mol. The maximum atomic E-state index is 12.2. The Morgan fingerprint density at radius 1 is 1.19 bits per heavy atom. The highest BCUT2D eigenvalue weighted by molar-refractivity contribution is 6.00. The zero-order valence-corrected chi connectivity index (χ0v) is 12.1. The molecule has 1 aromatic carbocycles. The first-order valence-corrected chi connectivity index (χ1v) is 7.44. The van der Waals surface area contributed by atoms with Gasteiger partial charge in [-0.1, -0.05) is 6.07 Å². The highest BCUT2D eigenvalue weighted by atomic mass is 16.3. The van der Waals surface area contributed by atoms with Crippen LogP contribution in [0.1, 0.15) is 42.9 Å². The van der Waals surface area contributed by atoms with E-state index in [2.05, 4.69) is 5.32 Å². The number of aryl methyl sites for hydroxylation is 1. The number of aromatic hydroxyl groups is 1. The Bertz CT molecular complexity index is 585. The number of nitrogens with zero attached hydrogens (tertiary/aromatic N) is 1. The Balaban J connectivity index is 1.78. The summed E-state index contributed by atoms with van der Waals surface area (Å²) >= 11 is 0. The van der Waals surface area contributed by atoms with Gasteiger partial charge in [-0.15, -0.1) is 0 Å². The summed E-state index contributed by atoms with van der Waals surface area (Å²) in [5.74, 6) is 0.0395. The Hall–Kier alpha value is -1.88. The maximum Gasteiger partial charge on any atom is 0.246 e. The number of phenolic OH excluding ortho intramolecular Hbond substituents is 1. The number of benzene rings is 1. The topological polar surface area (TPSA) is 69.6 Å². The molecule has 0 aromatic heterocycles. The standard InChI is InChI=1S/C16H20N2O3/c1-18-15(20)8-7-14(16(18)21)17-13-4-2-3-10-9-11(19)5-6-12(10)13/h5-6,9,13-14,17,19H,2-4,7-8H2,1H3. The molecule has 0 bridgehead atoms. The third-order valence-electron chi connectivity index (χ3n) is 4.49. The number of rotatable bonds is 2. The molecule has 112 valence electrons. The zero-order chi connectivity index (χ0) is 15.0. The third-order valence-corrected chi connectivity index (χ3v) is 4.49. The Morgan fingerprint density at radius 3 is 2.81 bits per heavy atom. The quantitative estimate of drug-likeness (QED) is 0.809. The molecule has 2 unspecified atom stereocenters. The monoisotopic (exact) mass is 288 g/mol. The van der Waals surface area contributed by atoms with Crippen LogP contribution in [0.25, 0.3) is 0 Å². The molecular formula is C16H20N2O3. The van der Waals surface area contributed by atoms with Crippen molar-refractivity contribution < 1.29 is 14.7 Å². The first kappa shape index (κ1) is 14.1. The first-order chi connectivity index (χ1) is 10.1. The maximum absolute atomic E-state index is 12.2. The SMILES string of the molecule is CN1C(=O)CCC(NC2CCCc3cc(O)ccc32)C1=O. The van der Waals surface area contributed by atoms with E-state index in [1.54, 1.807) is 13.1 Å². The van der Waals surface area contributed by atoms with E-state index in [4.69, 9.17) is 0 Å². The molecule has 1 fully saturated rings. The highest BCUT2D eigenvalue weighted by Gasteiger charge is 2.34. The van der Waals surface area contributed by atoms with Gasteiger partial charge in [-0.05, 0) is 48.9 Å². The lowest BCUT2D eigenvalue weighted by atomic mass is 9.86. The number of fused-ring (bicyclic) bond motifs is 1. The average Bonchev–Trinajstić information content (AvgIpc) is 2.48. The van der Waals surface area contributed by atoms with E-state index in [-0.39, 0.29) is 29.6 Å². The molecule has 2 atom stereocenters. The molecule has 5 heteroatoms. The number of likely N-dealkylation sites (N-methyl/N-ethyl adjacent to an activating group) is 1. The van der Waals surface area contributed by atoms with Gasteiger partial charge in [0, 0.05) is 19.5 Å². The Morgan fingerprint density at radius 2 is 2.00 bits per heavy atom. The van der Waals surface area contributed by atoms with Gasteiger partial charge in [-0.3, -0.25) is 19.8 Å². The number of phenols is 1. The number of piperidine rings is 1. The normalized spacial score (nSPS) is 25.9. The van der Waals surface area contributed by atoms with Crippen LogP contribution in [0.15, 0.2) is 18.2 Å². The van der Waals surface area contributed by atoms with E-state index in [9.17, 15) is 14.7 Å². The van der Waals surface area contributed by atoms with Gasteiger partial charge >= 0.3 is 0 Å². The van der Waals surface area contributed by atoms with Gasteiger partial charge in [-0.25, -0.2) is 0 Å². The Labute approximate surface area is 123 Å². The van der Waals surface area contributed by atoms with Crippen LogP contribution in [0.5, 0.6) is 5.75 Å². The number of hydrogen-bond donors (Lipinski definition) is 2. The number of imide groups is 1. The van der Waals surface area contributed by atoms with E-state index < -0.39 is 0 Å². The van der Waals surface area contributed by atoms with E-state index in [0.717, 1.165) is 30.4 Å². The van der Waals surface area contributed by atoms with E-state index in [1.165, 1.54) is 4.90 Å². The van der Waals surface area contributed by atoms with Gasteiger partial charge in [0.15, 0.2) is 0 Å². The summed E-state index contributed by atoms with van der Waals surface area (Å²) in [7, 11) is 1.55. The fourth-order valence-corrected chi connectivity index (χ4v) is 3.29. The van der Waals surface area contributed by atoms with Gasteiger partial charge in [0.05, 0.1) is 6.04 Å². The summed E-state index contributed by atoms with van der Waals surface area (Å²) in [6.45, 7) is 0. The van der Waals surface area contributed by atoms with Gasteiger partial charge in [0.25, 0.3) is 0 Å². The van der Waals surface area contributed by atoms with Crippen molar-refractivity contribution in [1.29, 1.82) is 0 Å². The molecule has 21 heavy (non-hydrogen) atoms. The van der Waals surface area contributed by atoms with Crippen LogP contribution in [0.3, 0.4) is 0 Å². The van der Waals surface area contributed by atoms with Crippen molar-refractivity contribution in [3.8, 4) is 5.75 Å². The molecule has 0 saturated carbocycles. The molecule has 2 aliphatic rings. The van der Waals surface area contributed by atoms with Crippen molar-refractivity contribution in [3.05, 3.63) is 29.3 Å². The minimum Gasteiger partial charge on any atom is -0.508 e. The number of carbonyl (C=O) groups excluding carboxylic acids is 2.